The van der Waals surface area contributed by atoms with Crippen LogP contribution in [-0.4, -0.2) is 14.9 Å². The molecule has 0 saturated heterocycles. The van der Waals surface area contributed by atoms with Gasteiger partial charge >= 0.3 is 0 Å². The predicted octanol–water partition coefficient (Wildman–Crippen LogP) is 2.90. The Hall–Kier alpha value is -2.21. The molecule has 1 heterocycles. The molecule has 0 radical (unpaired) electrons. The number of hydrogen-bond donors (Lipinski definition) is 2. The number of aromatic hydroxyl groups is 1. The Morgan fingerprint density at radius 3 is 2.82 bits per heavy atom. The molecule has 0 saturated carbocycles. The lowest BCUT2D eigenvalue weighted by atomic mass is 9.98. The van der Waals surface area contributed by atoms with Gasteiger partial charge in [-0.1, -0.05) is 19.1 Å². The van der Waals surface area contributed by atoms with E-state index in [4.69, 9.17) is 4.18 Å². The van der Waals surface area contributed by atoms with E-state index < -0.39 is 0 Å². The second-order valence-corrected chi connectivity index (χ2v) is 5.03. The molecule has 116 valence electrons. The van der Waals surface area contributed by atoms with Crippen molar-refractivity contribution < 1.29 is 9.29 Å². The first-order chi connectivity index (χ1) is 10.5. The van der Waals surface area contributed by atoms with Crippen LogP contribution in [0, 0.1) is 6.92 Å². The fourth-order valence-electron chi connectivity index (χ4n) is 2.39. The summed E-state index contributed by atoms with van der Waals surface area (Å²) in [6, 6.07) is 4.90. The quantitative estimate of drug-likeness (QED) is 0.505. The molecule has 22 heavy (non-hydrogen) atoms. The smallest absolute Gasteiger partial charge is 0.278 e. The van der Waals surface area contributed by atoms with Gasteiger partial charge < -0.3 is 9.29 Å². The van der Waals surface area contributed by atoms with Gasteiger partial charge in [-0.15, -0.1) is 6.58 Å². The van der Waals surface area contributed by atoms with Crippen molar-refractivity contribution in [3.8, 4) is 22.6 Å². The lowest BCUT2D eigenvalue weighted by Gasteiger charge is -2.15. The highest BCUT2D eigenvalue weighted by Crippen LogP contribution is 2.33. The molecule has 0 amide bonds. The Balaban J connectivity index is 2.84. The molecule has 1 aromatic heterocycles. The van der Waals surface area contributed by atoms with E-state index in [0.29, 0.717) is 35.5 Å². The van der Waals surface area contributed by atoms with Crippen molar-refractivity contribution in [2.45, 2.75) is 26.8 Å². The van der Waals surface area contributed by atoms with Gasteiger partial charge in [0.2, 0.25) is 0 Å². The molecule has 0 aliphatic heterocycles. The van der Waals surface area contributed by atoms with Crippen molar-refractivity contribution in [2.24, 2.45) is 0 Å². The molecule has 0 atom stereocenters. The first-order valence-corrected chi connectivity index (χ1v) is 7.26. The van der Waals surface area contributed by atoms with E-state index in [2.05, 4.69) is 24.6 Å². The molecule has 0 aliphatic rings. The van der Waals surface area contributed by atoms with Crippen LogP contribution in [0.5, 0.6) is 11.5 Å². The van der Waals surface area contributed by atoms with Gasteiger partial charge in [-0.2, -0.15) is 5.10 Å². The van der Waals surface area contributed by atoms with Crippen LogP contribution in [0.15, 0.2) is 35.6 Å². The van der Waals surface area contributed by atoms with Crippen LogP contribution in [0.1, 0.15) is 18.2 Å². The molecule has 2 aromatic rings. The predicted molar refractivity (Wildman–Crippen MR) is 89.5 cm³/mol. The fraction of sp³-hybridized carbons (Fsp3) is 0.250. The molecule has 0 fully saturated rings. The molecular weight excluding hydrogens is 300 g/mol. The molecular formula is C16H18N2O3S. The van der Waals surface area contributed by atoms with Crippen LogP contribution in [0.2, 0.25) is 0 Å². The molecule has 2 rings (SSSR count). The number of aromatic nitrogens is 2. The highest BCUT2D eigenvalue weighted by atomic mass is 32.1. The summed E-state index contributed by atoms with van der Waals surface area (Å²) in [5.41, 5.74) is 2.22. The number of benzene rings is 1. The summed E-state index contributed by atoms with van der Waals surface area (Å²) in [6.45, 7) is 7.65. The average molecular weight is 318 g/mol. The van der Waals surface area contributed by atoms with Gasteiger partial charge in [0, 0.05) is 12.9 Å². The normalized spacial score (nSPS) is 10.5. The number of nitrogens with zero attached hydrogens (tertiary/aromatic N) is 2. The van der Waals surface area contributed by atoms with Crippen molar-refractivity contribution in [1.29, 1.82) is 0 Å². The van der Waals surface area contributed by atoms with Gasteiger partial charge in [-0.05, 0) is 36.6 Å². The first-order valence-electron chi connectivity index (χ1n) is 6.89. The Bertz CT molecular complexity index is 769. The number of aryl methyl sites for hydroxylation is 2. The summed E-state index contributed by atoms with van der Waals surface area (Å²) in [4.78, 5) is 12.7. The van der Waals surface area contributed by atoms with E-state index in [9.17, 15) is 9.90 Å². The highest BCUT2D eigenvalue weighted by Gasteiger charge is 2.20. The number of rotatable bonds is 5. The van der Waals surface area contributed by atoms with Gasteiger partial charge in [-0.3, -0.25) is 4.79 Å². The largest absolute Gasteiger partial charge is 0.508 e. The van der Waals surface area contributed by atoms with Crippen LogP contribution in [0.4, 0.5) is 0 Å². The maximum absolute atomic E-state index is 12.7. The summed E-state index contributed by atoms with van der Waals surface area (Å²) in [5.74, 6) is 0.486. The van der Waals surface area contributed by atoms with Gasteiger partial charge in [0.25, 0.3) is 5.56 Å². The van der Waals surface area contributed by atoms with E-state index in [0.717, 1.165) is 5.56 Å². The summed E-state index contributed by atoms with van der Waals surface area (Å²) < 4.78 is 6.44. The number of thiol groups is 1. The zero-order valence-corrected chi connectivity index (χ0v) is 13.4. The van der Waals surface area contributed by atoms with E-state index in [1.165, 1.54) is 4.68 Å². The maximum Gasteiger partial charge on any atom is 0.278 e. The summed E-state index contributed by atoms with van der Waals surface area (Å²) in [5, 5.41) is 13.9. The molecule has 0 unspecified atom stereocenters. The SMILES string of the molecule is C=CCn1nc(C)c(OS)c(-c2ccc(O)cc2CC)c1=O. The second kappa shape index (κ2) is 6.70. The Morgan fingerprint density at radius 2 is 2.23 bits per heavy atom. The minimum Gasteiger partial charge on any atom is -0.508 e. The molecule has 1 aromatic carbocycles. The van der Waals surface area contributed by atoms with Gasteiger partial charge in [0.15, 0.2) is 5.75 Å². The average Bonchev–Trinajstić information content (AvgIpc) is 2.50. The topological polar surface area (TPSA) is 64.3 Å². The van der Waals surface area contributed by atoms with E-state index in [1.54, 1.807) is 31.2 Å². The number of phenolic OH excluding ortho intramolecular Hbond substituents is 1. The van der Waals surface area contributed by atoms with E-state index in [1.807, 2.05) is 6.92 Å². The van der Waals surface area contributed by atoms with Gasteiger partial charge in [0.05, 0.1) is 12.1 Å². The highest BCUT2D eigenvalue weighted by molar-refractivity contribution is 7.75. The maximum atomic E-state index is 12.7. The first kappa shape index (κ1) is 16.2. The zero-order valence-electron chi connectivity index (χ0n) is 12.5. The molecule has 0 bridgehead atoms. The van der Waals surface area contributed by atoms with E-state index >= 15 is 0 Å². The van der Waals surface area contributed by atoms with E-state index in [-0.39, 0.29) is 11.3 Å². The molecule has 6 heteroatoms. The van der Waals surface area contributed by atoms with Gasteiger partial charge in [-0.25, -0.2) is 4.68 Å². The Labute approximate surface area is 134 Å². The lowest BCUT2D eigenvalue weighted by Crippen LogP contribution is -2.25. The third-order valence-electron chi connectivity index (χ3n) is 3.41. The Morgan fingerprint density at radius 1 is 1.50 bits per heavy atom. The van der Waals surface area contributed by atoms with Crippen LogP contribution in [-0.2, 0) is 13.0 Å². The van der Waals surface area contributed by atoms with Crippen molar-refractivity contribution in [3.63, 3.8) is 0 Å². The minimum atomic E-state index is -0.282. The third-order valence-corrected chi connectivity index (χ3v) is 3.59. The minimum absolute atomic E-state index is 0.158. The van der Waals surface area contributed by atoms with Crippen molar-refractivity contribution in [2.75, 3.05) is 0 Å². The molecule has 5 nitrogen and oxygen atoms in total. The monoisotopic (exact) mass is 318 g/mol. The van der Waals surface area contributed by atoms with Gasteiger partial charge in [0.1, 0.15) is 11.4 Å². The molecule has 0 spiro atoms. The second-order valence-electron chi connectivity index (χ2n) is 4.85. The van der Waals surface area contributed by atoms with Crippen molar-refractivity contribution in [1.82, 2.24) is 9.78 Å². The lowest BCUT2D eigenvalue weighted by molar-refractivity contribution is 0.474. The number of phenols is 1. The van der Waals surface area contributed by atoms with Crippen molar-refractivity contribution in [3.05, 3.63) is 52.5 Å². The zero-order chi connectivity index (χ0) is 16.3. The summed E-state index contributed by atoms with van der Waals surface area (Å²) in [6.07, 6.45) is 2.27. The van der Waals surface area contributed by atoms with Crippen molar-refractivity contribution >= 4 is 12.9 Å². The fourth-order valence-corrected chi connectivity index (χ4v) is 2.61. The number of allylic oxidation sites excluding steroid dienone is 1. The van der Waals surface area contributed by atoms with Crippen LogP contribution < -0.4 is 9.74 Å². The standard InChI is InChI=1S/C16H18N2O3S/c1-4-8-18-16(20)14(15(21-22)10(3)17-18)13-7-6-12(19)9-11(13)5-2/h4,6-7,9,19,22H,1,5,8H2,2-3H3. The Kier molecular flexibility index (Phi) is 4.92. The number of hydrogen-bond acceptors (Lipinski definition) is 5. The van der Waals surface area contributed by atoms with Crippen LogP contribution in [0.3, 0.4) is 0 Å². The molecule has 1 N–H and O–H groups in total. The molecule has 0 aliphatic carbocycles. The summed E-state index contributed by atoms with van der Waals surface area (Å²) in [7, 11) is 0. The summed E-state index contributed by atoms with van der Waals surface area (Å²) >= 11 is 3.86. The van der Waals surface area contributed by atoms with Crippen LogP contribution in [0.25, 0.3) is 11.1 Å². The third kappa shape index (κ3) is 2.87. The van der Waals surface area contributed by atoms with Crippen LogP contribution >= 0.6 is 12.9 Å².